The molecule has 21 heavy (non-hydrogen) atoms. The summed E-state index contributed by atoms with van der Waals surface area (Å²) in [6, 6.07) is 0. The molecule has 1 heterocycles. The van der Waals surface area contributed by atoms with Crippen LogP contribution in [0.25, 0.3) is 0 Å². The van der Waals surface area contributed by atoms with Crippen LogP contribution in [-0.2, 0) is 10.8 Å². The number of nitrogens with one attached hydrogen (secondary N) is 1. The predicted molar refractivity (Wildman–Crippen MR) is 91.1 cm³/mol. The second-order valence-electron chi connectivity index (χ2n) is 7.35. The van der Waals surface area contributed by atoms with Crippen LogP contribution < -0.4 is 5.32 Å². The average molecular weight is 314 g/mol. The van der Waals surface area contributed by atoms with Crippen molar-refractivity contribution < 1.29 is 4.21 Å². The summed E-state index contributed by atoms with van der Waals surface area (Å²) in [6.45, 7) is 9.12. The molecular weight excluding hydrogens is 282 g/mol. The quantitative estimate of drug-likeness (QED) is 0.642. The summed E-state index contributed by atoms with van der Waals surface area (Å²) in [6.07, 6.45) is 5.55. The third-order valence-electron chi connectivity index (χ3n) is 4.74. The zero-order chi connectivity index (χ0) is 15.5. The topological polar surface area (TPSA) is 44.7 Å². The second-order valence-corrected chi connectivity index (χ2v) is 9.67. The lowest BCUT2D eigenvalue weighted by Gasteiger charge is -2.23. The van der Waals surface area contributed by atoms with Crippen molar-refractivity contribution in [3.63, 3.8) is 0 Å². The zero-order valence-corrected chi connectivity index (χ0v) is 14.8. The van der Waals surface area contributed by atoms with Gasteiger partial charge in [0.05, 0.1) is 0 Å². The van der Waals surface area contributed by atoms with Gasteiger partial charge in [-0.2, -0.15) is 0 Å². The summed E-state index contributed by atoms with van der Waals surface area (Å²) in [5.41, 5.74) is 0. The van der Waals surface area contributed by atoms with E-state index < -0.39 is 10.8 Å². The average Bonchev–Trinajstić information content (AvgIpc) is 2.85. The Morgan fingerprint density at radius 1 is 1.24 bits per heavy atom. The number of aliphatic imine (C=N–C) groups is 1. The standard InChI is InChI=1S/C16H31N3OS/c1-16(2,3)21(20)10-9-18-15(17-4)19-11-13-7-5-6-8-14(13)12-19/h13-14H,5-12H2,1-4H3,(H,17,18). The maximum atomic E-state index is 12.1. The molecule has 3 atom stereocenters. The summed E-state index contributed by atoms with van der Waals surface area (Å²) in [7, 11) is 1.05. The first-order valence-corrected chi connectivity index (χ1v) is 9.58. The third kappa shape index (κ3) is 4.44. The van der Waals surface area contributed by atoms with Gasteiger partial charge in [-0.1, -0.05) is 12.8 Å². The van der Waals surface area contributed by atoms with E-state index in [9.17, 15) is 4.21 Å². The molecule has 0 aromatic rings. The van der Waals surface area contributed by atoms with Gasteiger partial charge in [-0.15, -0.1) is 0 Å². The molecule has 2 aliphatic rings. The van der Waals surface area contributed by atoms with Crippen molar-refractivity contribution in [3.05, 3.63) is 0 Å². The molecule has 1 aliphatic heterocycles. The van der Waals surface area contributed by atoms with Crippen LogP contribution >= 0.6 is 0 Å². The summed E-state index contributed by atoms with van der Waals surface area (Å²) < 4.78 is 11.9. The van der Waals surface area contributed by atoms with Gasteiger partial charge in [0.15, 0.2) is 5.96 Å². The normalized spacial score (nSPS) is 28.4. The van der Waals surface area contributed by atoms with Gasteiger partial charge in [0.1, 0.15) is 0 Å². The highest BCUT2D eigenvalue weighted by Crippen LogP contribution is 2.35. The van der Waals surface area contributed by atoms with Gasteiger partial charge in [0.2, 0.25) is 0 Å². The van der Waals surface area contributed by atoms with Crippen LogP contribution in [0.15, 0.2) is 4.99 Å². The van der Waals surface area contributed by atoms with E-state index in [0.717, 1.165) is 37.4 Å². The molecular formula is C16H31N3OS. The van der Waals surface area contributed by atoms with Crippen molar-refractivity contribution in [1.29, 1.82) is 0 Å². The zero-order valence-electron chi connectivity index (χ0n) is 14.0. The molecule has 122 valence electrons. The van der Waals surface area contributed by atoms with Gasteiger partial charge >= 0.3 is 0 Å². The fourth-order valence-electron chi connectivity index (χ4n) is 3.47. The van der Waals surface area contributed by atoms with Crippen LogP contribution in [0.3, 0.4) is 0 Å². The minimum absolute atomic E-state index is 0.131. The van der Waals surface area contributed by atoms with E-state index in [1.165, 1.54) is 25.7 Å². The monoisotopic (exact) mass is 313 g/mol. The van der Waals surface area contributed by atoms with Gasteiger partial charge in [-0.3, -0.25) is 9.20 Å². The fraction of sp³-hybridized carbons (Fsp3) is 0.938. The van der Waals surface area contributed by atoms with Crippen LogP contribution in [0.5, 0.6) is 0 Å². The number of fused-ring (bicyclic) bond motifs is 1. The van der Waals surface area contributed by atoms with Gasteiger partial charge in [-0.25, -0.2) is 0 Å². The van der Waals surface area contributed by atoms with Crippen molar-refractivity contribution in [2.75, 3.05) is 32.4 Å². The van der Waals surface area contributed by atoms with Crippen molar-refractivity contribution >= 4 is 16.8 Å². The first-order valence-electron chi connectivity index (χ1n) is 8.26. The van der Waals surface area contributed by atoms with E-state index in [1.54, 1.807) is 0 Å². The van der Waals surface area contributed by atoms with E-state index in [4.69, 9.17) is 0 Å². The number of nitrogens with zero attached hydrogens (tertiary/aromatic N) is 2. The van der Waals surface area contributed by atoms with Crippen LogP contribution in [-0.4, -0.2) is 52.3 Å². The van der Waals surface area contributed by atoms with E-state index >= 15 is 0 Å². The lowest BCUT2D eigenvalue weighted by Crippen LogP contribution is -2.42. The van der Waals surface area contributed by atoms with Crippen molar-refractivity contribution in [3.8, 4) is 0 Å². The van der Waals surface area contributed by atoms with Crippen LogP contribution in [0.2, 0.25) is 0 Å². The molecule has 1 N–H and O–H groups in total. The van der Waals surface area contributed by atoms with Crippen LogP contribution in [0, 0.1) is 11.8 Å². The highest BCUT2D eigenvalue weighted by atomic mass is 32.2. The molecule has 2 fully saturated rings. The Morgan fingerprint density at radius 2 is 1.81 bits per heavy atom. The largest absolute Gasteiger partial charge is 0.355 e. The Morgan fingerprint density at radius 3 is 2.29 bits per heavy atom. The minimum Gasteiger partial charge on any atom is -0.355 e. The molecule has 0 aromatic carbocycles. The maximum absolute atomic E-state index is 12.1. The third-order valence-corrected chi connectivity index (χ3v) is 6.68. The van der Waals surface area contributed by atoms with E-state index in [-0.39, 0.29) is 4.75 Å². The maximum Gasteiger partial charge on any atom is 0.193 e. The highest BCUT2D eigenvalue weighted by molar-refractivity contribution is 7.86. The van der Waals surface area contributed by atoms with Gasteiger partial charge in [0.25, 0.3) is 0 Å². The van der Waals surface area contributed by atoms with E-state index in [2.05, 4.69) is 15.2 Å². The molecule has 0 amide bonds. The number of guanidine groups is 1. The van der Waals surface area contributed by atoms with Gasteiger partial charge in [-0.05, 0) is 45.4 Å². The van der Waals surface area contributed by atoms with Crippen LogP contribution in [0.4, 0.5) is 0 Å². The minimum atomic E-state index is -0.800. The Balaban J connectivity index is 1.80. The Labute approximate surface area is 132 Å². The molecule has 0 spiro atoms. The van der Waals surface area contributed by atoms with E-state index in [0.29, 0.717) is 5.75 Å². The lowest BCUT2D eigenvalue weighted by molar-refractivity contribution is 0.299. The molecule has 0 radical (unpaired) electrons. The molecule has 1 saturated carbocycles. The molecule has 3 unspecified atom stereocenters. The predicted octanol–water partition coefficient (Wildman–Crippen LogP) is 2.23. The Hall–Kier alpha value is -0.580. The molecule has 0 aromatic heterocycles. The van der Waals surface area contributed by atoms with Crippen molar-refractivity contribution in [2.24, 2.45) is 16.8 Å². The summed E-state index contributed by atoms with van der Waals surface area (Å²) >= 11 is 0. The smallest absolute Gasteiger partial charge is 0.193 e. The molecule has 5 heteroatoms. The lowest BCUT2D eigenvalue weighted by atomic mass is 9.82. The number of likely N-dealkylation sites (tertiary alicyclic amines) is 1. The van der Waals surface area contributed by atoms with Crippen LogP contribution in [0.1, 0.15) is 46.5 Å². The summed E-state index contributed by atoms with van der Waals surface area (Å²) in [5, 5.41) is 3.41. The SMILES string of the molecule is CN=C(NCCS(=O)C(C)(C)C)N1CC2CCCCC2C1. The second kappa shape index (κ2) is 7.12. The molecule has 0 bridgehead atoms. The summed E-state index contributed by atoms with van der Waals surface area (Å²) in [4.78, 5) is 6.82. The molecule has 2 rings (SSSR count). The number of rotatable bonds is 3. The highest BCUT2D eigenvalue weighted by Gasteiger charge is 2.35. The van der Waals surface area contributed by atoms with Crippen molar-refractivity contribution in [1.82, 2.24) is 10.2 Å². The number of hydrogen-bond donors (Lipinski definition) is 1. The molecule has 4 nitrogen and oxygen atoms in total. The first-order chi connectivity index (χ1) is 9.91. The van der Waals surface area contributed by atoms with Gasteiger partial charge in [0, 0.05) is 48.0 Å². The number of hydrogen-bond acceptors (Lipinski definition) is 2. The van der Waals surface area contributed by atoms with Gasteiger partial charge < -0.3 is 10.2 Å². The first kappa shape index (κ1) is 16.8. The summed E-state index contributed by atoms with van der Waals surface area (Å²) in [5.74, 6) is 3.40. The Bertz CT molecular complexity index is 389. The molecule has 1 saturated heterocycles. The fourth-order valence-corrected chi connectivity index (χ4v) is 4.37. The van der Waals surface area contributed by atoms with E-state index in [1.807, 2.05) is 27.8 Å². The van der Waals surface area contributed by atoms with Crippen molar-refractivity contribution in [2.45, 2.75) is 51.2 Å². The Kier molecular flexibility index (Phi) is 5.69. The molecule has 1 aliphatic carbocycles.